The lowest BCUT2D eigenvalue weighted by Crippen LogP contribution is -2.32. The van der Waals surface area contributed by atoms with Crippen molar-refractivity contribution in [3.05, 3.63) is 6.20 Å². The van der Waals surface area contributed by atoms with Crippen LogP contribution in [-0.2, 0) is 23.1 Å². The molecule has 0 atom stereocenters. The van der Waals surface area contributed by atoms with Crippen LogP contribution in [0, 0.1) is 0 Å². The number of thioether (sulfide) groups is 1. The van der Waals surface area contributed by atoms with E-state index in [4.69, 9.17) is 9.47 Å². The van der Waals surface area contributed by atoms with E-state index in [1.54, 1.807) is 23.8 Å². The lowest BCUT2D eigenvalue weighted by molar-refractivity contribution is -0.127. The summed E-state index contributed by atoms with van der Waals surface area (Å²) in [6.45, 7) is 6.42. The Morgan fingerprint density at radius 3 is 2.62 bits per heavy atom. The first-order valence-electron chi connectivity index (χ1n) is 8.46. The molecule has 2 rings (SSSR count). The van der Waals surface area contributed by atoms with Gasteiger partial charge in [0, 0.05) is 33.4 Å². The van der Waals surface area contributed by atoms with Crippen molar-refractivity contribution < 1.29 is 14.3 Å². The van der Waals surface area contributed by atoms with Gasteiger partial charge in [0.2, 0.25) is 11.8 Å². The van der Waals surface area contributed by atoms with Crippen molar-refractivity contribution in [3.8, 4) is 17.3 Å². The van der Waals surface area contributed by atoms with Gasteiger partial charge in [-0.15, -0.1) is 15.3 Å². The zero-order chi connectivity index (χ0) is 19.1. The van der Waals surface area contributed by atoms with Crippen molar-refractivity contribution in [2.45, 2.75) is 25.5 Å². The summed E-state index contributed by atoms with van der Waals surface area (Å²) in [6, 6.07) is 0. The van der Waals surface area contributed by atoms with Gasteiger partial charge in [-0.1, -0.05) is 11.8 Å². The van der Waals surface area contributed by atoms with E-state index in [1.165, 1.54) is 11.8 Å². The van der Waals surface area contributed by atoms with Crippen molar-refractivity contribution in [3.63, 3.8) is 0 Å². The SMILES string of the molecule is CCN(CC)C(=O)CSc1nnc(-c2cn(C)nc2OC)n1CCOC. The fraction of sp³-hybridized carbons (Fsp3) is 0.625. The summed E-state index contributed by atoms with van der Waals surface area (Å²) < 4.78 is 14.1. The third-order valence-electron chi connectivity index (χ3n) is 3.91. The Labute approximate surface area is 157 Å². The number of ether oxygens (including phenoxy) is 2. The highest BCUT2D eigenvalue weighted by atomic mass is 32.2. The number of carbonyl (C=O) groups excluding carboxylic acids is 1. The van der Waals surface area contributed by atoms with Crippen LogP contribution in [0.1, 0.15) is 13.8 Å². The second-order valence-electron chi connectivity index (χ2n) is 5.53. The average Bonchev–Trinajstić information content (AvgIpc) is 3.21. The van der Waals surface area contributed by atoms with E-state index >= 15 is 0 Å². The van der Waals surface area contributed by atoms with Crippen LogP contribution in [0.25, 0.3) is 11.4 Å². The molecule has 9 nitrogen and oxygen atoms in total. The lowest BCUT2D eigenvalue weighted by Gasteiger charge is -2.18. The summed E-state index contributed by atoms with van der Waals surface area (Å²) in [4.78, 5) is 14.1. The number of amides is 1. The monoisotopic (exact) mass is 382 g/mol. The second kappa shape index (κ2) is 9.58. The molecular weight excluding hydrogens is 356 g/mol. The molecule has 2 aromatic rings. The third-order valence-corrected chi connectivity index (χ3v) is 4.86. The highest BCUT2D eigenvalue weighted by molar-refractivity contribution is 7.99. The molecule has 2 aromatic heterocycles. The third kappa shape index (κ3) is 4.55. The van der Waals surface area contributed by atoms with Gasteiger partial charge < -0.3 is 14.4 Å². The lowest BCUT2D eigenvalue weighted by atomic mass is 10.3. The number of nitrogens with zero attached hydrogens (tertiary/aromatic N) is 6. The smallest absolute Gasteiger partial charge is 0.243 e. The maximum absolute atomic E-state index is 12.3. The van der Waals surface area contributed by atoms with E-state index in [1.807, 2.05) is 31.7 Å². The average molecular weight is 382 g/mol. The molecule has 1 amide bonds. The van der Waals surface area contributed by atoms with Gasteiger partial charge in [0.25, 0.3) is 0 Å². The molecule has 0 saturated heterocycles. The molecule has 0 aliphatic carbocycles. The molecule has 144 valence electrons. The predicted octanol–water partition coefficient (Wildman–Crippen LogP) is 1.29. The van der Waals surface area contributed by atoms with Gasteiger partial charge in [0.1, 0.15) is 5.56 Å². The van der Waals surface area contributed by atoms with Crippen LogP contribution >= 0.6 is 11.8 Å². The molecule has 0 radical (unpaired) electrons. The van der Waals surface area contributed by atoms with Gasteiger partial charge in [-0.3, -0.25) is 14.0 Å². The van der Waals surface area contributed by atoms with Crippen LogP contribution in [0.15, 0.2) is 11.4 Å². The predicted molar refractivity (Wildman–Crippen MR) is 99.3 cm³/mol. The highest BCUT2D eigenvalue weighted by Crippen LogP contribution is 2.30. The maximum atomic E-state index is 12.3. The number of methoxy groups -OCH3 is 2. The molecule has 0 aliphatic heterocycles. The Morgan fingerprint density at radius 2 is 2.00 bits per heavy atom. The largest absolute Gasteiger partial charge is 0.479 e. The van der Waals surface area contributed by atoms with Crippen molar-refractivity contribution in [2.75, 3.05) is 39.7 Å². The fourth-order valence-corrected chi connectivity index (χ4v) is 3.41. The first kappa shape index (κ1) is 20.2. The van der Waals surface area contributed by atoms with Crippen LogP contribution in [0.2, 0.25) is 0 Å². The van der Waals surface area contributed by atoms with Gasteiger partial charge in [-0.05, 0) is 13.8 Å². The van der Waals surface area contributed by atoms with Gasteiger partial charge in [0.05, 0.1) is 26.0 Å². The van der Waals surface area contributed by atoms with Crippen molar-refractivity contribution >= 4 is 17.7 Å². The summed E-state index contributed by atoms with van der Waals surface area (Å²) in [6.07, 6.45) is 1.83. The van der Waals surface area contributed by atoms with Crippen LogP contribution in [0.3, 0.4) is 0 Å². The topological polar surface area (TPSA) is 87.3 Å². The van der Waals surface area contributed by atoms with E-state index in [9.17, 15) is 4.79 Å². The summed E-state index contributed by atoms with van der Waals surface area (Å²) in [5.41, 5.74) is 0.750. The zero-order valence-electron chi connectivity index (χ0n) is 15.9. The Hall–Kier alpha value is -2.07. The van der Waals surface area contributed by atoms with Crippen molar-refractivity contribution in [2.24, 2.45) is 7.05 Å². The molecule has 0 aromatic carbocycles. The normalized spacial score (nSPS) is 11.0. The van der Waals surface area contributed by atoms with Gasteiger partial charge >= 0.3 is 0 Å². The Morgan fingerprint density at radius 1 is 1.27 bits per heavy atom. The molecule has 0 bridgehead atoms. The molecule has 10 heteroatoms. The zero-order valence-corrected chi connectivity index (χ0v) is 16.7. The summed E-state index contributed by atoms with van der Waals surface area (Å²) in [5, 5.41) is 13.5. The molecular formula is C16H26N6O3S. The first-order chi connectivity index (χ1) is 12.5. The Bertz CT molecular complexity index is 726. The number of aromatic nitrogens is 5. The quantitative estimate of drug-likeness (QED) is 0.572. The van der Waals surface area contributed by atoms with E-state index < -0.39 is 0 Å². The first-order valence-corrected chi connectivity index (χ1v) is 9.44. The van der Waals surface area contributed by atoms with Crippen LogP contribution in [-0.4, -0.2) is 75.0 Å². The van der Waals surface area contributed by atoms with Crippen LogP contribution in [0.5, 0.6) is 5.88 Å². The molecule has 2 heterocycles. The van der Waals surface area contributed by atoms with E-state index in [0.29, 0.717) is 48.9 Å². The molecule has 26 heavy (non-hydrogen) atoms. The van der Waals surface area contributed by atoms with E-state index in [-0.39, 0.29) is 5.91 Å². The fourth-order valence-electron chi connectivity index (χ4n) is 2.54. The molecule has 0 aliphatic rings. The van der Waals surface area contributed by atoms with E-state index in [0.717, 1.165) is 5.56 Å². The number of carbonyl (C=O) groups is 1. The van der Waals surface area contributed by atoms with Crippen LogP contribution < -0.4 is 4.74 Å². The molecule has 0 spiro atoms. The van der Waals surface area contributed by atoms with E-state index in [2.05, 4.69) is 15.3 Å². The Balaban J connectivity index is 2.27. The minimum absolute atomic E-state index is 0.0850. The van der Waals surface area contributed by atoms with Crippen LogP contribution in [0.4, 0.5) is 0 Å². The molecule has 0 saturated carbocycles. The molecule has 0 unspecified atom stereocenters. The highest BCUT2D eigenvalue weighted by Gasteiger charge is 2.21. The summed E-state index contributed by atoms with van der Waals surface area (Å²) in [7, 11) is 5.03. The second-order valence-corrected chi connectivity index (χ2v) is 6.47. The van der Waals surface area contributed by atoms with Crippen molar-refractivity contribution in [1.29, 1.82) is 0 Å². The number of hydrogen-bond acceptors (Lipinski definition) is 7. The van der Waals surface area contributed by atoms with Gasteiger partial charge in [0.15, 0.2) is 11.0 Å². The standard InChI is InChI=1S/C16H26N6O3S/c1-6-21(7-2)13(23)11-26-16-18-17-14(22(16)8-9-24-4)12-10-20(3)19-15(12)25-5/h10H,6-9,11H2,1-5H3. The Kier molecular flexibility index (Phi) is 7.46. The van der Waals surface area contributed by atoms with Gasteiger partial charge in [-0.25, -0.2) is 0 Å². The number of rotatable bonds is 10. The minimum atomic E-state index is 0.0850. The molecule has 0 fully saturated rings. The summed E-state index contributed by atoms with van der Waals surface area (Å²) >= 11 is 1.37. The minimum Gasteiger partial charge on any atom is -0.479 e. The maximum Gasteiger partial charge on any atom is 0.243 e. The van der Waals surface area contributed by atoms with Crippen molar-refractivity contribution in [1.82, 2.24) is 29.4 Å². The van der Waals surface area contributed by atoms with Gasteiger partial charge in [-0.2, -0.15) is 0 Å². The summed E-state index contributed by atoms with van der Waals surface area (Å²) in [5.74, 6) is 1.53. The number of aryl methyl sites for hydroxylation is 1. The number of hydrogen-bond donors (Lipinski definition) is 0. The molecule has 0 N–H and O–H groups in total.